The molecule has 4 aromatic rings. The fourth-order valence-electron chi connectivity index (χ4n) is 2.27. The van der Waals surface area contributed by atoms with E-state index < -0.39 is 0 Å². The van der Waals surface area contributed by atoms with Gasteiger partial charge in [0.2, 0.25) is 0 Å². The summed E-state index contributed by atoms with van der Waals surface area (Å²) in [5, 5.41) is 4.41. The Morgan fingerprint density at radius 1 is 1.19 bits per heavy atom. The Morgan fingerprint density at radius 3 is 3.00 bits per heavy atom. The molecule has 4 rings (SSSR count). The van der Waals surface area contributed by atoms with Gasteiger partial charge in [-0.05, 0) is 12.1 Å². The van der Waals surface area contributed by atoms with Crippen LogP contribution in [0.2, 0.25) is 0 Å². The van der Waals surface area contributed by atoms with Crippen LogP contribution in [0.1, 0.15) is 5.82 Å². The zero-order chi connectivity index (χ0) is 14.2. The maximum absolute atomic E-state index is 4.39. The van der Waals surface area contributed by atoms with Gasteiger partial charge in [0.25, 0.3) is 0 Å². The number of imidazole rings is 1. The Hall–Kier alpha value is -2.54. The number of rotatable bonds is 3. The molecule has 0 bridgehead atoms. The molecule has 0 aliphatic heterocycles. The molecule has 104 valence electrons. The van der Waals surface area contributed by atoms with Crippen molar-refractivity contribution in [1.82, 2.24) is 24.5 Å². The number of aryl methyl sites for hydroxylation is 1. The zero-order valence-electron chi connectivity index (χ0n) is 11.3. The van der Waals surface area contributed by atoms with E-state index in [0.717, 1.165) is 32.1 Å². The van der Waals surface area contributed by atoms with Crippen molar-refractivity contribution in [2.75, 3.05) is 5.32 Å². The van der Waals surface area contributed by atoms with Crippen LogP contribution in [0.3, 0.4) is 0 Å². The predicted molar refractivity (Wildman–Crippen MR) is 83.3 cm³/mol. The maximum atomic E-state index is 4.39. The molecule has 0 amide bonds. The highest BCUT2D eigenvalue weighted by atomic mass is 32.1. The summed E-state index contributed by atoms with van der Waals surface area (Å²) in [4.78, 5) is 18.4. The van der Waals surface area contributed by atoms with Crippen molar-refractivity contribution in [1.29, 1.82) is 0 Å². The van der Waals surface area contributed by atoms with E-state index in [-0.39, 0.29) is 0 Å². The molecule has 1 N–H and O–H groups in total. The number of pyridine rings is 1. The van der Waals surface area contributed by atoms with Gasteiger partial charge in [-0.15, -0.1) is 11.3 Å². The minimum Gasteiger partial charge on any atom is -0.362 e. The summed E-state index contributed by atoms with van der Waals surface area (Å²) in [6.45, 7) is 0.622. The van der Waals surface area contributed by atoms with Gasteiger partial charge in [0.15, 0.2) is 0 Å². The average molecular weight is 296 g/mol. The van der Waals surface area contributed by atoms with E-state index in [0.29, 0.717) is 6.54 Å². The van der Waals surface area contributed by atoms with Crippen LogP contribution in [0.5, 0.6) is 0 Å². The van der Waals surface area contributed by atoms with Crippen LogP contribution < -0.4 is 5.32 Å². The predicted octanol–water partition coefficient (Wildman–Crippen LogP) is 2.59. The number of nitrogens with zero attached hydrogens (tertiary/aromatic N) is 5. The second-order valence-electron chi connectivity index (χ2n) is 4.67. The molecule has 7 heteroatoms. The molecule has 0 saturated carbocycles. The molecule has 21 heavy (non-hydrogen) atoms. The molecule has 0 atom stereocenters. The Morgan fingerprint density at radius 2 is 2.14 bits per heavy atom. The highest BCUT2D eigenvalue weighted by Crippen LogP contribution is 2.34. The zero-order valence-corrected chi connectivity index (χ0v) is 12.1. The minimum absolute atomic E-state index is 0.622. The van der Waals surface area contributed by atoms with E-state index in [1.165, 1.54) is 0 Å². The van der Waals surface area contributed by atoms with Gasteiger partial charge < -0.3 is 9.88 Å². The topological polar surface area (TPSA) is 68.5 Å². The van der Waals surface area contributed by atoms with Gasteiger partial charge in [-0.1, -0.05) is 0 Å². The van der Waals surface area contributed by atoms with E-state index in [1.54, 1.807) is 30.1 Å². The molecule has 4 aromatic heterocycles. The van der Waals surface area contributed by atoms with Gasteiger partial charge in [-0.25, -0.2) is 19.9 Å². The Kier molecular flexibility index (Phi) is 2.78. The minimum atomic E-state index is 0.622. The van der Waals surface area contributed by atoms with Crippen LogP contribution in [0.25, 0.3) is 20.4 Å². The second kappa shape index (κ2) is 4.78. The Labute approximate surface area is 124 Å². The lowest BCUT2D eigenvalue weighted by Crippen LogP contribution is -2.06. The van der Waals surface area contributed by atoms with Crippen LogP contribution in [0.15, 0.2) is 37.1 Å². The van der Waals surface area contributed by atoms with Crippen LogP contribution in [0, 0.1) is 0 Å². The molecule has 0 aliphatic rings. The third-order valence-electron chi connectivity index (χ3n) is 3.36. The van der Waals surface area contributed by atoms with E-state index in [9.17, 15) is 0 Å². The number of aromatic nitrogens is 5. The maximum Gasteiger partial charge on any atom is 0.147 e. The lowest BCUT2D eigenvalue weighted by molar-refractivity contribution is 0.811. The first kappa shape index (κ1) is 12.2. The van der Waals surface area contributed by atoms with Crippen molar-refractivity contribution in [3.8, 4) is 0 Å². The monoisotopic (exact) mass is 296 g/mol. The summed E-state index contributed by atoms with van der Waals surface area (Å²) in [6, 6.07) is 3.97. The first-order valence-electron chi connectivity index (χ1n) is 6.51. The lowest BCUT2D eigenvalue weighted by Gasteiger charge is -2.06. The molecular weight excluding hydrogens is 284 g/mol. The highest BCUT2D eigenvalue weighted by Gasteiger charge is 2.11. The molecule has 0 saturated heterocycles. The molecule has 0 aromatic carbocycles. The van der Waals surface area contributed by atoms with Gasteiger partial charge in [0, 0.05) is 31.0 Å². The van der Waals surface area contributed by atoms with Crippen LogP contribution >= 0.6 is 11.3 Å². The molecular formula is C14H12N6S. The first-order chi connectivity index (χ1) is 10.3. The second-order valence-corrected chi connectivity index (χ2v) is 5.67. The summed E-state index contributed by atoms with van der Waals surface area (Å²) >= 11 is 1.60. The number of thiophene rings is 1. The SMILES string of the molecule is Cn1ccnc1CNc1ncnc2c1sc1ncccc12. The largest absolute Gasteiger partial charge is 0.362 e. The van der Waals surface area contributed by atoms with E-state index >= 15 is 0 Å². The normalized spacial score (nSPS) is 11.3. The fourth-order valence-corrected chi connectivity index (χ4v) is 3.33. The third-order valence-corrected chi connectivity index (χ3v) is 4.47. The average Bonchev–Trinajstić information content (AvgIpc) is 3.09. The molecule has 0 aliphatic carbocycles. The van der Waals surface area contributed by atoms with Crippen molar-refractivity contribution in [3.63, 3.8) is 0 Å². The lowest BCUT2D eigenvalue weighted by atomic mass is 10.3. The molecule has 0 fully saturated rings. The van der Waals surface area contributed by atoms with Gasteiger partial charge >= 0.3 is 0 Å². The molecule has 6 nitrogen and oxygen atoms in total. The summed E-state index contributed by atoms with van der Waals surface area (Å²) in [5.41, 5.74) is 0.945. The van der Waals surface area contributed by atoms with Crippen molar-refractivity contribution in [3.05, 3.63) is 42.9 Å². The van der Waals surface area contributed by atoms with Crippen LogP contribution in [0.4, 0.5) is 5.82 Å². The van der Waals surface area contributed by atoms with Gasteiger partial charge in [-0.2, -0.15) is 0 Å². The summed E-state index contributed by atoms with van der Waals surface area (Å²) in [7, 11) is 1.98. The number of hydrogen-bond acceptors (Lipinski definition) is 6. The smallest absolute Gasteiger partial charge is 0.147 e. The fraction of sp³-hybridized carbons (Fsp3) is 0.143. The van der Waals surface area contributed by atoms with Crippen molar-refractivity contribution in [2.24, 2.45) is 7.05 Å². The van der Waals surface area contributed by atoms with Gasteiger partial charge in [0.05, 0.1) is 16.8 Å². The van der Waals surface area contributed by atoms with Crippen LogP contribution in [-0.4, -0.2) is 24.5 Å². The molecule has 4 heterocycles. The Balaban J connectivity index is 1.76. The Bertz CT molecular complexity index is 925. The standard InChI is InChI=1S/C14H12N6S/c1-20-6-5-15-10(20)7-17-13-12-11(18-8-19-13)9-3-2-4-16-14(9)21-12/h2-6,8H,7H2,1H3,(H,17,18,19). The number of nitrogens with one attached hydrogen (secondary N) is 1. The van der Waals surface area contributed by atoms with Crippen molar-refractivity contribution >= 4 is 37.6 Å². The number of hydrogen-bond donors (Lipinski definition) is 1. The molecule has 0 unspecified atom stereocenters. The molecule has 0 spiro atoms. The number of fused-ring (bicyclic) bond motifs is 3. The summed E-state index contributed by atoms with van der Waals surface area (Å²) in [6.07, 6.45) is 7.10. The van der Waals surface area contributed by atoms with Gasteiger partial charge in [0.1, 0.15) is 22.8 Å². The van der Waals surface area contributed by atoms with E-state index in [4.69, 9.17) is 0 Å². The van der Waals surface area contributed by atoms with E-state index in [1.807, 2.05) is 29.9 Å². The third kappa shape index (κ3) is 2.02. The first-order valence-corrected chi connectivity index (χ1v) is 7.33. The molecule has 0 radical (unpaired) electrons. The highest BCUT2D eigenvalue weighted by molar-refractivity contribution is 7.25. The van der Waals surface area contributed by atoms with Crippen LogP contribution in [-0.2, 0) is 13.6 Å². The van der Waals surface area contributed by atoms with Gasteiger partial charge in [-0.3, -0.25) is 0 Å². The summed E-state index contributed by atoms with van der Waals surface area (Å²) < 4.78 is 3.01. The quantitative estimate of drug-likeness (QED) is 0.629. The van der Waals surface area contributed by atoms with Crippen molar-refractivity contribution < 1.29 is 0 Å². The number of anilines is 1. The van der Waals surface area contributed by atoms with Crippen molar-refractivity contribution in [2.45, 2.75) is 6.54 Å². The van der Waals surface area contributed by atoms with E-state index in [2.05, 4.69) is 25.3 Å². The summed E-state index contributed by atoms with van der Waals surface area (Å²) in [5.74, 6) is 1.78.